The maximum Gasteiger partial charge on any atom is 0.0230 e. The van der Waals surface area contributed by atoms with Crippen LogP contribution >= 0.6 is 0 Å². The summed E-state index contributed by atoms with van der Waals surface area (Å²) in [6.45, 7) is 10.4. The van der Waals surface area contributed by atoms with Crippen LogP contribution in [0, 0.1) is 0 Å². The summed E-state index contributed by atoms with van der Waals surface area (Å²) in [6, 6.07) is 0.665. The van der Waals surface area contributed by atoms with E-state index >= 15 is 0 Å². The summed E-state index contributed by atoms with van der Waals surface area (Å²) in [6.07, 6.45) is 6.88. The van der Waals surface area contributed by atoms with E-state index in [0.717, 1.165) is 0 Å². The van der Waals surface area contributed by atoms with E-state index in [9.17, 15) is 0 Å². The third kappa shape index (κ3) is 3.04. The Hall–Kier alpha value is -0.460. The molecule has 1 fully saturated rings. The number of likely N-dealkylation sites (tertiary alicyclic amines) is 1. The Labute approximate surface area is 89.2 Å². The zero-order chi connectivity index (χ0) is 10.6. The second kappa shape index (κ2) is 5.43. The number of allylic oxidation sites excluding steroid dienone is 2. The molecule has 0 aromatic carbocycles. The lowest BCUT2D eigenvalue weighted by Gasteiger charge is -2.34. The predicted molar refractivity (Wildman–Crippen MR) is 63.3 cm³/mol. The van der Waals surface area contributed by atoms with Crippen molar-refractivity contribution in [3.8, 4) is 0 Å². The van der Waals surface area contributed by atoms with Crippen LogP contribution in [-0.4, -0.2) is 17.5 Å². The van der Waals surface area contributed by atoms with E-state index in [-0.39, 0.29) is 0 Å². The molecule has 14 heavy (non-hydrogen) atoms. The van der Waals surface area contributed by atoms with Gasteiger partial charge in [0.1, 0.15) is 0 Å². The lowest BCUT2D eigenvalue weighted by molar-refractivity contribution is 0.252. The van der Waals surface area contributed by atoms with Gasteiger partial charge in [-0.25, -0.2) is 0 Å². The van der Waals surface area contributed by atoms with Crippen LogP contribution in [0.15, 0.2) is 11.3 Å². The van der Waals surface area contributed by atoms with Crippen molar-refractivity contribution in [2.75, 3.05) is 6.54 Å². The highest BCUT2D eigenvalue weighted by Crippen LogP contribution is 2.24. The minimum absolute atomic E-state index is 0.665. The van der Waals surface area contributed by atoms with Crippen molar-refractivity contribution < 1.29 is 0 Å². The first-order valence-electron chi connectivity index (χ1n) is 6.06. The first-order chi connectivity index (χ1) is 6.63. The topological polar surface area (TPSA) is 3.24 Å². The minimum Gasteiger partial charge on any atom is -0.372 e. The molecule has 82 valence electrons. The van der Waals surface area contributed by atoms with Gasteiger partial charge in [0.05, 0.1) is 0 Å². The molecule has 1 aliphatic heterocycles. The Balaban J connectivity index is 2.77. The highest BCUT2D eigenvalue weighted by Gasteiger charge is 2.15. The largest absolute Gasteiger partial charge is 0.372 e. The van der Waals surface area contributed by atoms with Crippen LogP contribution in [0.5, 0.6) is 0 Å². The number of hydrogen-bond donors (Lipinski definition) is 0. The number of rotatable bonds is 1. The minimum atomic E-state index is 0.665. The highest BCUT2D eigenvalue weighted by atomic mass is 15.2. The standard InChI is InChI=1S/C13H25N/c1-11(2)13-9-7-5-6-8-10-14(13)12(3)4/h12H,5-10H2,1-4H3. The third-order valence-corrected chi connectivity index (χ3v) is 3.11. The third-order valence-electron chi connectivity index (χ3n) is 3.11. The van der Waals surface area contributed by atoms with Crippen LogP contribution in [0.3, 0.4) is 0 Å². The van der Waals surface area contributed by atoms with Gasteiger partial charge in [-0.1, -0.05) is 18.4 Å². The molecule has 0 N–H and O–H groups in total. The van der Waals surface area contributed by atoms with Gasteiger partial charge in [0.2, 0.25) is 0 Å². The van der Waals surface area contributed by atoms with Crippen LogP contribution < -0.4 is 0 Å². The van der Waals surface area contributed by atoms with Crippen LogP contribution in [0.2, 0.25) is 0 Å². The van der Waals surface area contributed by atoms with Crippen molar-refractivity contribution >= 4 is 0 Å². The summed E-state index contributed by atoms with van der Waals surface area (Å²) in [5.74, 6) is 0. The molecular formula is C13H25N. The van der Waals surface area contributed by atoms with Crippen LogP contribution in [0.4, 0.5) is 0 Å². The van der Waals surface area contributed by atoms with Gasteiger partial charge < -0.3 is 4.90 Å². The monoisotopic (exact) mass is 195 g/mol. The molecule has 0 aromatic rings. The molecule has 1 aliphatic rings. The van der Waals surface area contributed by atoms with Crippen molar-refractivity contribution in [2.24, 2.45) is 0 Å². The Morgan fingerprint density at radius 2 is 1.71 bits per heavy atom. The van der Waals surface area contributed by atoms with E-state index in [2.05, 4.69) is 32.6 Å². The predicted octanol–water partition coefficient (Wildman–Crippen LogP) is 3.95. The molecule has 0 unspecified atom stereocenters. The lowest BCUT2D eigenvalue weighted by atomic mass is 10.0. The van der Waals surface area contributed by atoms with E-state index in [4.69, 9.17) is 0 Å². The van der Waals surface area contributed by atoms with Crippen LogP contribution in [0.25, 0.3) is 0 Å². The first-order valence-corrected chi connectivity index (χ1v) is 6.06. The molecule has 1 nitrogen and oxygen atoms in total. The van der Waals surface area contributed by atoms with E-state index in [1.54, 1.807) is 5.70 Å². The van der Waals surface area contributed by atoms with Gasteiger partial charge in [0.25, 0.3) is 0 Å². The SMILES string of the molecule is CC(C)=C1CCCCCCN1C(C)C. The fourth-order valence-electron chi connectivity index (χ4n) is 2.31. The van der Waals surface area contributed by atoms with Crippen molar-refractivity contribution in [3.05, 3.63) is 11.3 Å². The van der Waals surface area contributed by atoms with Gasteiger partial charge in [-0.3, -0.25) is 0 Å². The van der Waals surface area contributed by atoms with Gasteiger partial charge in [0, 0.05) is 18.3 Å². The molecule has 0 bridgehead atoms. The van der Waals surface area contributed by atoms with Gasteiger partial charge >= 0.3 is 0 Å². The fourth-order valence-corrected chi connectivity index (χ4v) is 2.31. The zero-order valence-corrected chi connectivity index (χ0v) is 10.3. The van der Waals surface area contributed by atoms with Gasteiger partial charge in [-0.15, -0.1) is 0 Å². The fraction of sp³-hybridized carbons (Fsp3) is 0.846. The molecule has 1 heteroatoms. The molecule has 1 rings (SSSR count). The maximum absolute atomic E-state index is 2.61. The summed E-state index contributed by atoms with van der Waals surface area (Å²) < 4.78 is 0. The molecule has 0 spiro atoms. The van der Waals surface area contributed by atoms with E-state index in [1.165, 1.54) is 44.2 Å². The Bertz CT molecular complexity index is 199. The van der Waals surface area contributed by atoms with Crippen molar-refractivity contribution in [1.29, 1.82) is 0 Å². The number of hydrogen-bond acceptors (Lipinski definition) is 1. The summed E-state index contributed by atoms with van der Waals surface area (Å²) >= 11 is 0. The summed E-state index contributed by atoms with van der Waals surface area (Å²) in [7, 11) is 0. The first kappa shape index (κ1) is 11.6. The molecule has 0 aliphatic carbocycles. The Morgan fingerprint density at radius 3 is 2.29 bits per heavy atom. The van der Waals surface area contributed by atoms with Crippen molar-refractivity contribution in [3.63, 3.8) is 0 Å². The smallest absolute Gasteiger partial charge is 0.0230 e. The van der Waals surface area contributed by atoms with Crippen molar-refractivity contribution in [2.45, 2.75) is 65.8 Å². The molecule has 1 saturated heterocycles. The molecule has 0 saturated carbocycles. The Kier molecular flexibility index (Phi) is 4.50. The average molecular weight is 195 g/mol. The number of nitrogens with zero attached hydrogens (tertiary/aromatic N) is 1. The van der Waals surface area contributed by atoms with Crippen molar-refractivity contribution in [1.82, 2.24) is 4.90 Å². The second-order valence-electron chi connectivity index (χ2n) is 4.90. The average Bonchev–Trinajstić information content (AvgIpc) is 2.01. The van der Waals surface area contributed by atoms with Crippen LogP contribution in [0.1, 0.15) is 59.8 Å². The second-order valence-corrected chi connectivity index (χ2v) is 4.90. The van der Waals surface area contributed by atoms with Gasteiger partial charge in [-0.05, 0) is 47.0 Å². The molecule has 0 radical (unpaired) electrons. The van der Waals surface area contributed by atoms with Gasteiger partial charge in [0.15, 0.2) is 0 Å². The summed E-state index contributed by atoms with van der Waals surface area (Å²) in [4.78, 5) is 2.61. The van der Waals surface area contributed by atoms with E-state index < -0.39 is 0 Å². The van der Waals surface area contributed by atoms with E-state index in [0.29, 0.717) is 6.04 Å². The molecule has 0 aromatic heterocycles. The normalized spacial score (nSPS) is 19.5. The highest BCUT2D eigenvalue weighted by molar-refractivity contribution is 5.10. The Morgan fingerprint density at radius 1 is 1.07 bits per heavy atom. The summed E-state index contributed by atoms with van der Waals surface area (Å²) in [5.41, 5.74) is 3.13. The molecule has 0 amide bonds. The molecular weight excluding hydrogens is 170 g/mol. The quantitative estimate of drug-likeness (QED) is 0.612. The van der Waals surface area contributed by atoms with E-state index in [1.807, 2.05) is 0 Å². The van der Waals surface area contributed by atoms with Gasteiger partial charge in [-0.2, -0.15) is 0 Å². The molecule has 1 heterocycles. The van der Waals surface area contributed by atoms with Crippen LogP contribution in [-0.2, 0) is 0 Å². The lowest BCUT2D eigenvalue weighted by Crippen LogP contribution is -2.32. The maximum atomic E-state index is 2.61. The molecule has 0 atom stereocenters. The summed E-state index contributed by atoms with van der Waals surface area (Å²) in [5, 5.41) is 0. The zero-order valence-electron chi connectivity index (χ0n) is 10.3.